The predicted molar refractivity (Wildman–Crippen MR) is 86.0 cm³/mol. The van der Waals surface area contributed by atoms with E-state index in [9.17, 15) is 14.3 Å². The fraction of sp³-hybridized carbons (Fsp3) is 0.333. The van der Waals surface area contributed by atoms with Gasteiger partial charge in [-0.05, 0) is 29.8 Å². The van der Waals surface area contributed by atoms with Gasteiger partial charge in [0.05, 0.1) is 19.8 Å². The fourth-order valence-electron chi connectivity index (χ4n) is 2.97. The molecule has 2 aromatic rings. The number of nitrogens with zero attached hydrogens (tertiary/aromatic N) is 2. The summed E-state index contributed by atoms with van der Waals surface area (Å²) in [5, 5.41) is 9.88. The van der Waals surface area contributed by atoms with E-state index in [1.807, 2.05) is 0 Å². The number of morpholine rings is 1. The van der Waals surface area contributed by atoms with E-state index in [0.717, 1.165) is 5.56 Å². The molecule has 0 aliphatic carbocycles. The lowest BCUT2D eigenvalue weighted by Crippen LogP contribution is -2.56. The van der Waals surface area contributed by atoms with Crippen LogP contribution < -0.4 is 0 Å². The number of hydrogen-bond acceptors (Lipinski definition) is 4. The number of pyridine rings is 1. The molecule has 1 aromatic carbocycles. The average Bonchev–Trinajstić information content (AvgIpc) is 2.62. The highest BCUT2D eigenvalue weighted by Crippen LogP contribution is 2.24. The Labute approximate surface area is 139 Å². The Morgan fingerprint density at radius 3 is 2.83 bits per heavy atom. The molecule has 1 saturated heterocycles. The van der Waals surface area contributed by atoms with Crippen LogP contribution in [0.4, 0.5) is 4.39 Å². The van der Waals surface area contributed by atoms with Crippen LogP contribution >= 0.6 is 0 Å². The van der Waals surface area contributed by atoms with E-state index in [4.69, 9.17) is 4.74 Å². The van der Waals surface area contributed by atoms with E-state index in [1.165, 1.54) is 12.1 Å². The second kappa shape index (κ2) is 7.07. The van der Waals surface area contributed by atoms with Crippen LogP contribution in [0.25, 0.3) is 0 Å². The third-order valence-electron chi connectivity index (χ3n) is 4.17. The Bertz CT molecular complexity index is 710. The standard InChI is InChI=1S/C18H19FN2O3/c19-16-3-1-2-14(10-16)11-18(13-22)12-21(8-9-24-18)17(23)15-4-6-20-7-5-15/h1-7,10,22H,8-9,11-13H2/t18-/m1/s1. The van der Waals surface area contributed by atoms with Crippen LogP contribution in [0.5, 0.6) is 0 Å². The van der Waals surface area contributed by atoms with Gasteiger partial charge < -0.3 is 14.7 Å². The Hall–Kier alpha value is -2.31. The SMILES string of the molecule is O=C(c1ccncc1)N1CCO[C@](CO)(Cc2cccc(F)c2)C1. The van der Waals surface area contributed by atoms with Gasteiger partial charge in [-0.15, -0.1) is 0 Å². The first kappa shape index (κ1) is 16.5. The molecule has 1 aliphatic rings. The first-order valence-electron chi connectivity index (χ1n) is 7.80. The van der Waals surface area contributed by atoms with Crippen molar-refractivity contribution in [2.45, 2.75) is 12.0 Å². The molecule has 1 atom stereocenters. The largest absolute Gasteiger partial charge is 0.393 e. The summed E-state index contributed by atoms with van der Waals surface area (Å²) in [5.74, 6) is -0.459. The number of aliphatic hydroxyl groups excluding tert-OH is 1. The minimum absolute atomic E-state index is 0.127. The molecule has 0 spiro atoms. The summed E-state index contributed by atoms with van der Waals surface area (Å²) in [6.07, 6.45) is 3.47. The molecule has 1 N–H and O–H groups in total. The third kappa shape index (κ3) is 3.60. The normalized spacial score (nSPS) is 20.8. The van der Waals surface area contributed by atoms with Gasteiger partial charge >= 0.3 is 0 Å². The van der Waals surface area contributed by atoms with Crippen molar-refractivity contribution in [3.8, 4) is 0 Å². The molecule has 0 unspecified atom stereocenters. The van der Waals surface area contributed by atoms with Crippen LogP contribution in [0.1, 0.15) is 15.9 Å². The van der Waals surface area contributed by atoms with Gasteiger partial charge in [-0.3, -0.25) is 9.78 Å². The van der Waals surface area contributed by atoms with Crippen LogP contribution in [-0.4, -0.2) is 52.8 Å². The smallest absolute Gasteiger partial charge is 0.254 e. The first-order valence-corrected chi connectivity index (χ1v) is 7.80. The van der Waals surface area contributed by atoms with Crippen molar-refractivity contribution in [2.24, 2.45) is 0 Å². The Balaban J connectivity index is 1.78. The second-order valence-corrected chi connectivity index (χ2v) is 5.96. The zero-order valence-electron chi connectivity index (χ0n) is 13.2. The molecule has 0 saturated carbocycles. The van der Waals surface area contributed by atoms with E-state index in [1.54, 1.807) is 41.6 Å². The van der Waals surface area contributed by atoms with Crippen molar-refractivity contribution in [3.63, 3.8) is 0 Å². The number of rotatable bonds is 4. The maximum Gasteiger partial charge on any atom is 0.254 e. The van der Waals surface area contributed by atoms with Gasteiger partial charge in [0, 0.05) is 30.9 Å². The number of halogens is 1. The minimum Gasteiger partial charge on any atom is -0.393 e. The molecule has 126 valence electrons. The Morgan fingerprint density at radius 1 is 1.33 bits per heavy atom. The molecule has 2 heterocycles. The van der Waals surface area contributed by atoms with Crippen LogP contribution in [-0.2, 0) is 11.2 Å². The fourth-order valence-corrected chi connectivity index (χ4v) is 2.97. The summed E-state index contributed by atoms with van der Waals surface area (Å²) >= 11 is 0. The quantitative estimate of drug-likeness (QED) is 0.926. The maximum atomic E-state index is 13.4. The molecule has 1 aliphatic heterocycles. The van der Waals surface area contributed by atoms with Crippen molar-refractivity contribution in [2.75, 3.05) is 26.3 Å². The van der Waals surface area contributed by atoms with Crippen molar-refractivity contribution >= 4 is 5.91 Å². The molecule has 1 amide bonds. The summed E-state index contributed by atoms with van der Waals surface area (Å²) in [6.45, 7) is 0.781. The van der Waals surface area contributed by atoms with Crippen LogP contribution in [0, 0.1) is 5.82 Å². The molecular weight excluding hydrogens is 311 g/mol. The highest BCUT2D eigenvalue weighted by atomic mass is 19.1. The average molecular weight is 330 g/mol. The number of carbonyl (C=O) groups excluding carboxylic acids is 1. The van der Waals surface area contributed by atoms with E-state index in [2.05, 4.69) is 4.98 Å². The summed E-state index contributed by atoms with van der Waals surface area (Å²) in [4.78, 5) is 18.2. The Morgan fingerprint density at radius 2 is 2.12 bits per heavy atom. The van der Waals surface area contributed by atoms with E-state index < -0.39 is 5.60 Å². The molecular formula is C18H19FN2O3. The molecule has 0 radical (unpaired) electrons. The van der Waals surface area contributed by atoms with Gasteiger partial charge in [0.15, 0.2) is 0 Å². The maximum absolute atomic E-state index is 13.4. The minimum atomic E-state index is -0.922. The third-order valence-corrected chi connectivity index (χ3v) is 4.17. The van der Waals surface area contributed by atoms with E-state index >= 15 is 0 Å². The summed E-state index contributed by atoms with van der Waals surface area (Å²) in [5.41, 5.74) is 0.348. The zero-order valence-corrected chi connectivity index (χ0v) is 13.2. The van der Waals surface area contributed by atoms with Crippen molar-refractivity contribution < 1.29 is 19.0 Å². The molecule has 5 nitrogen and oxygen atoms in total. The molecule has 3 rings (SSSR count). The monoisotopic (exact) mass is 330 g/mol. The summed E-state index contributed by atoms with van der Waals surface area (Å²) in [6, 6.07) is 9.52. The highest BCUT2D eigenvalue weighted by molar-refractivity contribution is 5.94. The second-order valence-electron chi connectivity index (χ2n) is 5.96. The van der Waals surface area contributed by atoms with Gasteiger partial charge in [-0.2, -0.15) is 0 Å². The predicted octanol–water partition coefficient (Wildman–Crippen LogP) is 1.67. The number of carbonyl (C=O) groups is 1. The van der Waals surface area contributed by atoms with E-state index in [0.29, 0.717) is 25.1 Å². The number of aromatic nitrogens is 1. The molecule has 0 bridgehead atoms. The van der Waals surface area contributed by atoms with Gasteiger partial charge in [0.25, 0.3) is 5.91 Å². The lowest BCUT2D eigenvalue weighted by Gasteiger charge is -2.42. The topological polar surface area (TPSA) is 62.7 Å². The number of benzene rings is 1. The number of hydrogen-bond donors (Lipinski definition) is 1. The number of amides is 1. The van der Waals surface area contributed by atoms with Gasteiger partial charge in [0.2, 0.25) is 0 Å². The number of aliphatic hydroxyl groups is 1. The van der Waals surface area contributed by atoms with Gasteiger partial charge in [0.1, 0.15) is 11.4 Å². The lowest BCUT2D eigenvalue weighted by atomic mass is 9.92. The van der Waals surface area contributed by atoms with Crippen molar-refractivity contribution in [1.82, 2.24) is 9.88 Å². The van der Waals surface area contributed by atoms with E-state index in [-0.39, 0.29) is 24.9 Å². The first-order chi connectivity index (χ1) is 11.6. The van der Waals surface area contributed by atoms with Gasteiger partial charge in [-0.1, -0.05) is 12.1 Å². The molecule has 1 fully saturated rings. The zero-order chi connectivity index (χ0) is 17.0. The summed E-state index contributed by atoms with van der Waals surface area (Å²) < 4.78 is 19.2. The van der Waals surface area contributed by atoms with Gasteiger partial charge in [-0.25, -0.2) is 4.39 Å². The van der Waals surface area contributed by atoms with Crippen LogP contribution in [0.3, 0.4) is 0 Å². The molecule has 6 heteroatoms. The lowest BCUT2D eigenvalue weighted by molar-refractivity contribution is -0.123. The Kier molecular flexibility index (Phi) is 4.87. The molecule has 24 heavy (non-hydrogen) atoms. The summed E-state index contributed by atoms with van der Waals surface area (Å²) in [7, 11) is 0. The van der Waals surface area contributed by atoms with Crippen LogP contribution in [0.15, 0.2) is 48.8 Å². The van der Waals surface area contributed by atoms with Crippen LogP contribution in [0.2, 0.25) is 0 Å². The van der Waals surface area contributed by atoms with Crippen molar-refractivity contribution in [1.29, 1.82) is 0 Å². The number of ether oxygens (including phenoxy) is 1. The highest BCUT2D eigenvalue weighted by Gasteiger charge is 2.38. The molecule has 1 aromatic heterocycles. The van der Waals surface area contributed by atoms with Crippen molar-refractivity contribution in [3.05, 3.63) is 65.7 Å².